The zero-order chi connectivity index (χ0) is 12.0. The van der Waals surface area contributed by atoms with Crippen LogP contribution in [0.1, 0.15) is 53.4 Å². The van der Waals surface area contributed by atoms with Crippen LogP contribution < -0.4 is 5.32 Å². The van der Waals surface area contributed by atoms with Gasteiger partial charge in [0.25, 0.3) is 0 Å². The van der Waals surface area contributed by atoms with Crippen molar-refractivity contribution in [2.45, 2.75) is 59.4 Å². The molecule has 0 fully saturated rings. The molecule has 1 heterocycles. The van der Waals surface area contributed by atoms with Crippen LogP contribution in [0.5, 0.6) is 0 Å². The van der Waals surface area contributed by atoms with Crippen molar-refractivity contribution < 1.29 is 0 Å². The van der Waals surface area contributed by atoms with Gasteiger partial charge in [-0.25, -0.2) is 0 Å². The molecule has 1 aliphatic rings. The second-order valence-corrected chi connectivity index (χ2v) is 5.74. The van der Waals surface area contributed by atoms with Crippen molar-refractivity contribution in [2.24, 2.45) is 10.4 Å². The molecule has 2 nitrogen and oxygen atoms in total. The summed E-state index contributed by atoms with van der Waals surface area (Å²) in [6.45, 7) is 10.1. The molecule has 94 valence electrons. The van der Waals surface area contributed by atoms with Gasteiger partial charge in [-0.2, -0.15) is 0 Å². The highest BCUT2D eigenvalue weighted by Crippen LogP contribution is 2.34. The van der Waals surface area contributed by atoms with Gasteiger partial charge in [0.2, 0.25) is 0 Å². The summed E-state index contributed by atoms with van der Waals surface area (Å²) >= 11 is 1.92. The maximum atomic E-state index is 4.73. The van der Waals surface area contributed by atoms with Crippen molar-refractivity contribution in [3.05, 3.63) is 0 Å². The van der Waals surface area contributed by atoms with Gasteiger partial charge in [-0.1, -0.05) is 39.5 Å². The summed E-state index contributed by atoms with van der Waals surface area (Å²) < 4.78 is 0. The van der Waals surface area contributed by atoms with Crippen molar-refractivity contribution >= 4 is 16.9 Å². The average molecular weight is 242 g/mol. The van der Waals surface area contributed by atoms with Crippen LogP contribution in [0.4, 0.5) is 0 Å². The van der Waals surface area contributed by atoms with Gasteiger partial charge in [0.15, 0.2) is 5.17 Å². The van der Waals surface area contributed by atoms with Gasteiger partial charge >= 0.3 is 0 Å². The first-order valence-electron chi connectivity index (χ1n) is 6.63. The predicted octanol–water partition coefficient (Wildman–Crippen LogP) is 3.67. The van der Waals surface area contributed by atoms with E-state index >= 15 is 0 Å². The number of rotatable bonds is 5. The molecule has 0 unspecified atom stereocenters. The van der Waals surface area contributed by atoms with Crippen LogP contribution in [0.15, 0.2) is 4.99 Å². The zero-order valence-electron chi connectivity index (χ0n) is 11.2. The van der Waals surface area contributed by atoms with Gasteiger partial charge in [0, 0.05) is 18.3 Å². The molecule has 0 aromatic carbocycles. The summed E-state index contributed by atoms with van der Waals surface area (Å²) in [5.74, 6) is 1.23. The first-order chi connectivity index (χ1) is 7.69. The van der Waals surface area contributed by atoms with E-state index in [0.717, 1.165) is 6.54 Å². The second kappa shape index (κ2) is 6.53. The number of hydrogen-bond acceptors (Lipinski definition) is 3. The van der Waals surface area contributed by atoms with Crippen molar-refractivity contribution in [3.63, 3.8) is 0 Å². The average Bonchev–Trinajstić information content (AvgIpc) is 2.37. The Morgan fingerprint density at radius 2 is 1.88 bits per heavy atom. The lowest BCUT2D eigenvalue weighted by Crippen LogP contribution is -2.38. The Morgan fingerprint density at radius 3 is 2.25 bits per heavy atom. The van der Waals surface area contributed by atoms with Gasteiger partial charge < -0.3 is 5.32 Å². The molecule has 0 amide bonds. The van der Waals surface area contributed by atoms with Gasteiger partial charge in [0.1, 0.15) is 0 Å². The minimum Gasteiger partial charge on any atom is -0.362 e. The largest absolute Gasteiger partial charge is 0.362 e. The summed E-state index contributed by atoms with van der Waals surface area (Å²) in [4.78, 5) is 4.73. The van der Waals surface area contributed by atoms with E-state index in [9.17, 15) is 0 Å². The third-order valence-corrected chi connectivity index (χ3v) is 5.16. The first kappa shape index (κ1) is 13.9. The minimum atomic E-state index is 0.462. The quantitative estimate of drug-likeness (QED) is 0.795. The molecule has 1 aliphatic heterocycles. The lowest BCUT2D eigenvalue weighted by Gasteiger charge is -2.34. The summed E-state index contributed by atoms with van der Waals surface area (Å²) in [5, 5.41) is 4.73. The lowest BCUT2D eigenvalue weighted by molar-refractivity contribution is 0.318. The Balaban J connectivity index is 2.52. The molecular weight excluding hydrogens is 216 g/mol. The van der Waals surface area contributed by atoms with E-state index in [4.69, 9.17) is 4.99 Å². The van der Waals surface area contributed by atoms with E-state index in [2.05, 4.69) is 33.0 Å². The van der Waals surface area contributed by atoms with E-state index in [1.54, 1.807) is 0 Å². The maximum absolute atomic E-state index is 4.73. The van der Waals surface area contributed by atoms with Gasteiger partial charge in [-0.15, -0.1) is 0 Å². The fourth-order valence-electron chi connectivity index (χ4n) is 1.98. The number of aliphatic imine (C=N–C) groups is 1. The van der Waals surface area contributed by atoms with E-state index in [0.29, 0.717) is 11.5 Å². The topological polar surface area (TPSA) is 24.4 Å². The predicted molar refractivity (Wildman–Crippen MR) is 75.3 cm³/mol. The number of amidine groups is 1. The summed E-state index contributed by atoms with van der Waals surface area (Å²) in [5.41, 5.74) is 0.462. The molecule has 0 atom stereocenters. The third kappa shape index (κ3) is 3.41. The molecule has 0 radical (unpaired) electrons. The molecule has 0 aromatic heterocycles. The van der Waals surface area contributed by atoms with Crippen LogP contribution in [0.2, 0.25) is 0 Å². The first-order valence-corrected chi connectivity index (χ1v) is 7.62. The van der Waals surface area contributed by atoms with Crippen LogP contribution in [0, 0.1) is 5.41 Å². The van der Waals surface area contributed by atoms with Gasteiger partial charge in [-0.3, -0.25) is 4.99 Å². The molecule has 3 heteroatoms. The minimum absolute atomic E-state index is 0.462. The number of hydrogen-bond donors (Lipinski definition) is 1. The highest BCUT2D eigenvalue weighted by atomic mass is 32.2. The third-order valence-electron chi connectivity index (χ3n) is 3.89. The van der Waals surface area contributed by atoms with Crippen LogP contribution in [0.3, 0.4) is 0 Å². The second-order valence-electron chi connectivity index (χ2n) is 4.77. The fourth-order valence-corrected chi connectivity index (χ4v) is 3.33. The lowest BCUT2D eigenvalue weighted by atomic mass is 9.84. The summed E-state index contributed by atoms with van der Waals surface area (Å²) in [7, 11) is 0. The monoisotopic (exact) mass is 242 g/mol. The Kier molecular flexibility index (Phi) is 5.67. The molecule has 0 aromatic rings. The molecule has 0 saturated carbocycles. The van der Waals surface area contributed by atoms with Crippen molar-refractivity contribution in [1.29, 1.82) is 0 Å². The van der Waals surface area contributed by atoms with Gasteiger partial charge in [-0.05, 0) is 31.1 Å². The van der Waals surface area contributed by atoms with Crippen molar-refractivity contribution in [2.75, 3.05) is 12.3 Å². The van der Waals surface area contributed by atoms with Crippen LogP contribution in [-0.4, -0.2) is 23.5 Å². The number of nitrogens with zero attached hydrogens (tertiary/aromatic N) is 1. The highest BCUT2D eigenvalue weighted by Gasteiger charge is 2.30. The Bertz CT molecular complexity index is 230. The normalized spacial score (nSPS) is 19.7. The maximum Gasteiger partial charge on any atom is 0.156 e. The van der Waals surface area contributed by atoms with Crippen LogP contribution in [0.25, 0.3) is 0 Å². The number of nitrogens with one attached hydrogen (secondary N) is 1. The molecular formula is C13H26N2S. The molecule has 1 N–H and O–H groups in total. The molecule has 0 saturated heterocycles. The Hall–Kier alpha value is -0.180. The summed E-state index contributed by atoms with van der Waals surface area (Å²) in [6.07, 6.45) is 4.86. The zero-order valence-corrected chi connectivity index (χ0v) is 12.0. The Morgan fingerprint density at radius 1 is 1.25 bits per heavy atom. The molecule has 16 heavy (non-hydrogen) atoms. The fraction of sp³-hybridized carbons (Fsp3) is 0.923. The Labute approximate surface area is 105 Å². The number of thioether (sulfide) groups is 1. The van der Waals surface area contributed by atoms with Crippen LogP contribution >= 0.6 is 11.8 Å². The van der Waals surface area contributed by atoms with E-state index in [1.165, 1.54) is 36.6 Å². The summed E-state index contributed by atoms with van der Waals surface area (Å²) in [6, 6.07) is 0.599. The van der Waals surface area contributed by atoms with E-state index in [1.807, 2.05) is 11.8 Å². The SMILES string of the molecule is CCC(CC)NC1=NCC(CC)(CC)CS1. The van der Waals surface area contributed by atoms with Crippen molar-refractivity contribution in [1.82, 2.24) is 5.32 Å². The molecule has 0 bridgehead atoms. The van der Waals surface area contributed by atoms with Gasteiger partial charge in [0.05, 0.1) is 0 Å². The molecule has 1 rings (SSSR count). The standard InChI is InChI=1S/C13H26N2S/c1-5-11(6-2)15-12-14-9-13(7-3,8-4)10-16-12/h11H,5-10H2,1-4H3,(H,14,15). The molecule has 0 spiro atoms. The molecule has 0 aliphatic carbocycles. The highest BCUT2D eigenvalue weighted by molar-refractivity contribution is 8.13. The van der Waals surface area contributed by atoms with E-state index < -0.39 is 0 Å². The van der Waals surface area contributed by atoms with Crippen LogP contribution in [-0.2, 0) is 0 Å². The van der Waals surface area contributed by atoms with E-state index in [-0.39, 0.29) is 0 Å². The smallest absolute Gasteiger partial charge is 0.156 e. The van der Waals surface area contributed by atoms with Crippen molar-refractivity contribution in [3.8, 4) is 0 Å².